The van der Waals surface area contributed by atoms with Crippen molar-refractivity contribution in [2.45, 2.75) is 25.2 Å². The molecule has 4 heteroatoms. The fraction of sp³-hybridized carbons (Fsp3) is 0.533. The van der Waals surface area contributed by atoms with E-state index in [2.05, 4.69) is 0 Å². The molecule has 104 valence electrons. The molecule has 1 saturated heterocycles. The first kappa shape index (κ1) is 14.0. The number of carboxylic acid groups (broad SMARTS) is 1. The van der Waals surface area contributed by atoms with E-state index in [9.17, 15) is 9.90 Å². The zero-order valence-corrected chi connectivity index (χ0v) is 11.3. The minimum Gasteiger partial charge on any atom is -0.481 e. The van der Waals surface area contributed by atoms with Gasteiger partial charge in [0, 0.05) is 19.8 Å². The number of carbonyl (C=O) groups is 1. The van der Waals surface area contributed by atoms with Gasteiger partial charge in [-0.25, -0.2) is 0 Å². The van der Waals surface area contributed by atoms with E-state index >= 15 is 0 Å². The van der Waals surface area contributed by atoms with E-state index in [1.54, 1.807) is 0 Å². The number of ether oxygens (including phenoxy) is 1. The van der Waals surface area contributed by atoms with E-state index < -0.39 is 11.4 Å². The predicted octanol–water partition coefficient (Wildman–Crippen LogP) is 1.70. The molecule has 19 heavy (non-hydrogen) atoms. The van der Waals surface area contributed by atoms with E-state index in [-0.39, 0.29) is 12.5 Å². The van der Waals surface area contributed by atoms with E-state index in [0.29, 0.717) is 13.0 Å². The van der Waals surface area contributed by atoms with Gasteiger partial charge >= 0.3 is 5.97 Å². The average molecular weight is 263 g/mol. The van der Waals surface area contributed by atoms with Gasteiger partial charge in [0.2, 0.25) is 0 Å². The summed E-state index contributed by atoms with van der Waals surface area (Å²) < 4.78 is 5.35. The SMILES string of the molecule is Cc1cccc(C(CN)(CC2CCOC2)C(=O)O)c1. The Morgan fingerprint density at radius 2 is 2.37 bits per heavy atom. The van der Waals surface area contributed by atoms with Crippen molar-refractivity contribution in [1.82, 2.24) is 0 Å². The summed E-state index contributed by atoms with van der Waals surface area (Å²) in [5.74, 6) is -0.562. The second-order valence-electron chi connectivity index (χ2n) is 5.39. The monoisotopic (exact) mass is 263 g/mol. The molecule has 3 N–H and O–H groups in total. The van der Waals surface area contributed by atoms with E-state index in [1.165, 1.54) is 0 Å². The third-order valence-electron chi connectivity index (χ3n) is 3.99. The highest BCUT2D eigenvalue weighted by Gasteiger charge is 2.41. The largest absolute Gasteiger partial charge is 0.481 e. The van der Waals surface area contributed by atoms with Crippen LogP contribution in [0.3, 0.4) is 0 Å². The first-order valence-electron chi connectivity index (χ1n) is 6.67. The molecule has 1 aliphatic heterocycles. The molecular formula is C15H21NO3. The fourth-order valence-electron chi connectivity index (χ4n) is 2.80. The van der Waals surface area contributed by atoms with Crippen LogP contribution in [0.1, 0.15) is 24.0 Å². The van der Waals surface area contributed by atoms with E-state index in [0.717, 1.165) is 24.2 Å². The summed E-state index contributed by atoms with van der Waals surface area (Å²) in [5.41, 5.74) is 6.71. The molecule has 1 heterocycles. The molecule has 2 unspecified atom stereocenters. The van der Waals surface area contributed by atoms with Gasteiger partial charge in [0.05, 0.1) is 0 Å². The molecule has 2 rings (SSSR count). The molecular weight excluding hydrogens is 242 g/mol. The van der Waals surface area contributed by atoms with Crippen LogP contribution in [0.25, 0.3) is 0 Å². The lowest BCUT2D eigenvalue weighted by Gasteiger charge is -2.31. The smallest absolute Gasteiger partial charge is 0.315 e. The Morgan fingerprint density at radius 1 is 1.58 bits per heavy atom. The van der Waals surface area contributed by atoms with Gasteiger partial charge in [-0.1, -0.05) is 29.8 Å². The number of nitrogens with two attached hydrogens (primary N) is 1. The van der Waals surface area contributed by atoms with E-state index in [1.807, 2.05) is 31.2 Å². The third kappa shape index (κ3) is 2.80. The Labute approximate surface area is 113 Å². The molecule has 0 saturated carbocycles. The number of hydrogen-bond donors (Lipinski definition) is 2. The Kier molecular flexibility index (Phi) is 4.22. The lowest BCUT2D eigenvalue weighted by Crippen LogP contribution is -2.44. The first-order valence-corrected chi connectivity index (χ1v) is 6.67. The molecule has 1 aliphatic rings. The molecule has 0 amide bonds. The first-order chi connectivity index (χ1) is 9.08. The normalized spacial score (nSPS) is 22.1. The predicted molar refractivity (Wildman–Crippen MR) is 73.1 cm³/mol. The van der Waals surface area contributed by atoms with Crippen LogP contribution < -0.4 is 5.73 Å². The number of aryl methyl sites for hydroxylation is 1. The zero-order chi connectivity index (χ0) is 13.9. The van der Waals surface area contributed by atoms with Crippen molar-refractivity contribution >= 4 is 5.97 Å². The standard InChI is InChI=1S/C15H21NO3/c1-11-3-2-4-13(7-11)15(10-16,14(17)18)8-12-5-6-19-9-12/h2-4,7,12H,5-6,8-10,16H2,1H3,(H,17,18). The highest BCUT2D eigenvalue weighted by molar-refractivity contribution is 5.82. The highest BCUT2D eigenvalue weighted by atomic mass is 16.5. The number of aliphatic carboxylic acids is 1. The molecule has 0 radical (unpaired) electrons. The summed E-state index contributed by atoms with van der Waals surface area (Å²) in [6, 6.07) is 7.65. The molecule has 4 nitrogen and oxygen atoms in total. The van der Waals surface area contributed by atoms with Crippen molar-refractivity contribution in [3.8, 4) is 0 Å². The topological polar surface area (TPSA) is 72.5 Å². The van der Waals surface area contributed by atoms with Crippen LogP contribution in [0.15, 0.2) is 24.3 Å². The molecule has 1 aromatic rings. The number of hydrogen-bond acceptors (Lipinski definition) is 3. The highest BCUT2D eigenvalue weighted by Crippen LogP contribution is 2.34. The minimum absolute atomic E-state index is 0.113. The van der Waals surface area contributed by atoms with Crippen molar-refractivity contribution in [2.24, 2.45) is 11.7 Å². The quantitative estimate of drug-likeness (QED) is 0.848. The van der Waals surface area contributed by atoms with Crippen LogP contribution in [0.5, 0.6) is 0 Å². The van der Waals surface area contributed by atoms with E-state index in [4.69, 9.17) is 10.5 Å². The molecule has 2 atom stereocenters. The molecule has 1 aromatic carbocycles. The molecule has 0 spiro atoms. The Bertz CT molecular complexity index is 454. The zero-order valence-electron chi connectivity index (χ0n) is 11.3. The second kappa shape index (κ2) is 5.72. The fourth-order valence-corrected chi connectivity index (χ4v) is 2.80. The van der Waals surface area contributed by atoms with Crippen molar-refractivity contribution in [1.29, 1.82) is 0 Å². The molecule has 0 bridgehead atoms. The van der Waals surface area contributed by atoms with Crippen LogP contribution in [0, 0.1) is 12.8 Å². The summed E-state index contributed by atoms with van der Waals surface area (Å²) in [5, 5.41) is 9.71. The van der Waals surface area contributed by atoms with Crippen molar-refractivity contribution in [2.75, 3.05) is 19.8 Å². The van der Waals surface area contributed by atoms with Crippen molar-refractivity contribution in [3.63, 3.8) is 0 Å². The summed E-state index contributed by atoms with van der Waals surface area (Å²) >= 11 is 0. The van der Waals surface area contributed by atoms with Crippen molar-refractivity contribution in [3.05, 3.63) is 35.4 Å². The number of carboxylic acids is 1. The maximum atomic E-state index is 11.8. The van der Waals surface area contributed by atoms with Gasteiger partial charge in [0.1, 0.15) is 5.41 Å². The van der Waals surface area contributed by atoms with Crippen LogP contribution in [0.2, 0.25) is 0 Å². The van der Waals surface area contributed by atoms with Crippen LogP contribution in [0.4, 0.5) is 0 Å². The van der Waals surface area contributed by atoms with Gasteiger partial charge in [-0.05, 0) is 31.2 Å². The minimum atomic E-state index is -0.996. The third-order valence-corrected chi connectivity index (χ3v) is 3.99. The lowest BCUT2D eigenvalue weighted by atomic mass is 9.73. The van der Waals surface area contributed by atoms with Crippen LogP contribution in [-0.4, -0.2) is 30.8 Å². The maximum Gasteiger partial charge on any atom is 0.315 e. The number of benzene rings is 1. The second-order valence-corrected chi connectivity index (χ2v) is 5.39. The van der Waals surface area contributed by atoms with Gasteiger partial charge in [-0.15, -0.1) is 0 Å². The summed E-state index contributed by atoms with van der Waals surface area (Å²) in [6.45, 7) is 3.44. The summed E-state index contributed by atoms with van der Waals surface area (Å²) in [6.07, 6.45) is 1.46. The van der Waals surface area contributed by atoms with Gasteiger partial charge < -0.3 is 15.6 Å². The summed E-state index contributed by atoms with van der Waals surface area (Å²) in [4.78, 5) is 11.8. The lowest BCUT2D eigenvalue weighted by molar-refractivity contribution is -0.144. The van der Waals surface area contributed by atoms with Gasteiger partial charge in [0.25, 0.3) is 0 Å². The Hall–Kier alpha value is -1.39. The van der Waals surface area contributed by atoms with Crippen LogP contribution >= 0.6 is 0 Å². The summed E-state index contributed by atoms with van der Waals surface area (Å²) in [7, 11) is 0. The maximum absolute atomic E-state index is 11.8. The Balaban J connectivity index is 2.35. The average Bonchev–Trinajstić information content (AvgIpc) is 2.88. The molecule has 1 fully saturated rings. The van der Waals surface area contributed by atoms with Crippen molar-refractivity contribution < 1.29 is 14.6 Å². The Morgan fingerprint density at radius 3 is 2.89 bits per heavy atom. The molecule has 0 aromatic heterocycles. The van der Waals surface area contributed by atoms with Crippen LogP contribution in [-0.2, 0) is 14.9 Å². The molecule has 0 aliphatic carbocycles. The van der Waals surface area contributed by atoms with Gasteiger partial charge in [-0.3, -0.25) is 4.79 Å². The van der Waals surface area contributed by atoms with Gasteiger partial charge in [0.15, 0.2) is 0 Å². The van der Waals surface area contributed by atoms with Gasteiger partial charge in [-0.2, -0.15) is 0 Å². The number of rotatable bonds is 5.